The van der Waals surface area contributed by atoms with Crippen LogP contribution in [-0.2, 0) is 6.54 Å². The summed E-state index contributed by atoms with van der Waals surface area (Å²) < 4.78 is 42.6. The van der Waals surface area contributed by atoms with Crippen LogP contribution in [0.2, 0.25) is 0 Å². The van der Waals surface area contributed by atoms with E-state index in [4.69, 9.17) is 4.74 Å². The van der Waals surface area contributed by atoms with Gasteiger partial charge in [-0.2, -0.15) is 13.2 Å². The molecule has 0 unspecified atom stereocenters. The summed E-state index contributed by atoms with van der Waals surface area (Å²) in [7, 11) is 0. The highest BCUT2D eigenvalue weighted by Gasteiger charge is 2.34. The molecule has 0 bridgehead atoms. The Morgan fingerprint density at radius 3 is 2.82 bits per heavy atom. The summed E-state index contributed by atoms with van der Waals surface area (Å²) in [4.78, 5) is 1.49. The van der Waals surface area contributed by atoms with Crippen molar-refractivity contribution in [1.82, 2.24) is 10.2 Å². The number of alkyl halides is 3. The van der Waals surface area contributed by atoms with Crippen LogP contribution in [0.5, 0.6) is 5.75 Å². The van der Waals surface area contributed by atoms with Gasteiger partial charge in [0.2, 0.25) is 0 Å². The predicted molar refractivity (Wildman–Crippen MR) is 79.9 cm³/mol. The lowest BCUT2D eigenvalue weighted by Crippen LogP contribution is -2.33. The minimum absolute atomic E-state index is 0.279. The molecule has 0 aromatic heterocycles. The normalized spacial score (nSPS) is 19.5. The molecule has 124 valence electrons. The van der Waals surface area contributed by atoms with Gasteiger partial charge >= 0.3 is 6.18 Å². The second-order valence-electron chi connectivity index (χ2n) is 5.68. The zero-order valence-electron chi connectivity index (χ0n) is 12.8. The van der Waals surface area contributed by atoms with Crippen LogP contribution in [0.15, 0.2) is 24.3 Å². The van der Waals surface area contributed by atoms with E-state index < -0.39 is 12.7 Å². The number of benzene rings is 1. The number of halogens is 3. The Morgan fingerprint density at radius 1 is 1.32 bits per heavy atom. The Hall–Kier alpha value is -1.27. The van der Waals surface area contributed by atoms with Gasteiger partial charge in [-0.1, -0.05) is 18.2 Å². The number of nitrogens with zero attached hydrogens (tertiary/aromatic N) is 1. The van der Waals surface area contributed by atoms with Crippen LogP contribution in [0.25, 0.3) is 0 Å². The number of hydrogen-bond donors (Lipinski definition) is 1. The molecule has 0 radical (unpaired) electrons. The Kier molecular flexibility index (Phi) is 6.08. The smallest absolute Gasteiger partial charge is 0.401 e. The fourth-order valence-corrected chi connectivity index (χ4v) is 2.83. The van der Waals surface area contributed by atoms with Crippen molar-refractivity contribution in [2.75, 3.05) is 32.8 Å². The maximum absolute atomic E-state index is 12.4. The van der Waals surface area contributed by atoms with Crippen molar-refractivity contribution in [2.45, 2.75) is 26.1 Å². The summed E-state index contributed by atoms with van der Waals surface area (Å²) in [5.74, 6) is 1.14. The highest BCUT2D eigenvalue weighted by molar-refractivity contribution is 5.33. The van der Waals surface area contributed by atoms with Crippen LogP contribution in [0, 0.1) is 5.92 Å². The van der Waals surface area contributed by atoms with E-state index in [0.717, 1.165) is 24.3 Å². The highest BCUT2D eigenvalue weighted by atomic mass is 19.4. The first kappa shape index (κ1) is 17.1. The van der Waals surface area contributed by atoms with Crippen molar-refractivity contribution in [2.24, 2.45) is 5.92 Å². The first-order chi connectivity index (χ1) is 10.5. The van der Waals surface area contributed by atoms with Gasteiger partial charge in [-0.05, 0) is 38.4 Å². The van der Waals surface area contributed by atoms with Crippen LogP contribution in [0.3, 0.4) is 0 Å². The Bertz CT molecular complexity index is 465. The van der Waals surface area contributed by atoms with Crippen LogP contribution in [0.1, 0.15) is 18.9 Å². The van der Waals surface area contributed by atoms with Gasteiger partial charge in [-0.3, -0.25) is 4.90 Å². The van der Waals surface area contributed by atoms with Crippen molar-refractivity contribution < 1.29 is 17.9 Å². The third-order valence-corrected chi connectivity index (χ3v) is 3.79. The Morgan fingerprint density at radius 2 is 2.09 bits per heavy atom. The van der Waals surface area contributed by atoms with Crippen molar-refractivity contribution >= 4 is 0 Å². The van der Waals surface area contributed by atoms with E-state index in [1.165, 1.54) is 4.90 Å². The van der Waals surface area contributed by atoms with E-state index >= 15 is 0 Å². The number of likely N-dealkylation sites (tertiary alicyclic amines) is 1. The molecule has 1 saturated heterocycles. The van der Waals surface area contributed by atoms with E-state index in [2.05, 4.69) is 5.32 Å². The average Bonchev–Trinajstić information content (AvgIpc) is 2.86. The van der Waals surface area contributed by atoms with Gasteiger partial charge < -0.3 is 10.1 Å². The molecule has 1 aliphatic heterocycles. The molecule has 1 N–H and O–H groups in total. The van der Waals surface area contributed by atoms with Crippen LogP contribution < -0.4 is 10.1 Å². The standard InChI is InChI=1S/C16H23F3N2O/c1-2-22-15-6-4-3-5-14(15)10-20-9-13-7-8-21(11-13)12-16(17,18)19/h3-6,13,20H,2,7-12H2,1H3/t13-/m1/s1. The zero-order valence-corrected chi connectivity index (χ0v) is 12.8. The van der Waals surface area contributed by atoms with Crippen molar-refractivity contribution in [3.63, 3.8) is 0 Å². The third kappa shape index (κ3) is 5.50. The molecular weight excluding hydrogens is 293 g/mol. The van der Waals surface area contributed by atoms with Gasteiger partial charge in [0.25, 0.3) is 0 Å². The van der Waals surface area contributed by atoms with Crippen molar-refractivity contribution in [1.29, 1.82) is 0 Å². The fraction of sp³-hybridized carbons (Fsp3) is 0.625. The monoisotopic (exact) mass is 316 g/mol. The molecule has 3 nitrogen and oxygen atoms in total. The molecule has 1 heterocycles. The second kappa shape index (κ2) is 7.83. The van der Waals surface area contributed by atoms with E-state index in [1.807, 2.05) is 31.2 Å². The third-order valence-electron chi connectivity index (χ3n) is 3.79. The lowest BCUT2D eigenvalue weighted by Gasteiger charge is -2.18. The van der Waals surface area contributed by atoms with E-state index in [9.17, 15) is 13.2 Å². The van der Waals surface area contributed by atoms with Gasteiger partial charge in [0.1, 0.15) is 5.75 Å². The summed E-state index contributed by atoms with van der Waals surface area (Å²) in [6, 6.07) is 7.82. The summed E-state index contributed by atoms with van der Waals surface area (Å²) in [5.41, 5.74) is 1.08. The SMILES string of the molecule is CCOc1ccccc1CNC[C@H]1CCN(CC(F)(F)F)C1. The quantitative estimate of drug-likeness (QED) is 0.837. The Balaban J connectivity index is 1.74. The molecule has 1 atom stereocenters. The lowest BCUT2D eigenvalue weighted by molar-refractivity contribution is -0.143. The number of para-hydroxylation sites is 1. The zero-order chi connectivity index (χ0) is 16.0. The number of rotatable bonds is 7. The molecule has 1 aliphatic rings. The van der Waals surface area contributed by atoms with E-state index in [0.29, 0.717) is 26.2 Å². The molecule has 0 saturated carbocycles. The fourth-order valence-electron chi connectivity index (χ4n) is 2.83. The van der Waals surface area contributed by atoms with Gasteiger partial charge in [-0.15, -0.1) is 0 Å². The molecule has 1 aromatic rings. The number of hydrogen-bond acceptors (Lipinski definition) is 3. The van der Waals surface area contributed by atoms with Gasteiger partial charge in [0.05, 0.1) is 13.2 Å². The van der Waals surface area contributed by atoms with Crippen LogP contribution >= 0.6 is 0 Å². The predicted octanol–water partition coefficient (Wildman–Crippen LogP) is 3.06. The van der Waals surface area contributed by atoms with Crippen molar-refractivity contribution in [3.8, 4) is 5.75 Å². The van der Waals surface area contributed by atoms with Crippen LogP contribution in [-0.4, -0.2) is 43.9 Å². The maximum atomic E-state index is 12.4. The molecular formula is C16H23F3N2O. The topological polar surface area (TPSA) is 24.5 Å². The number of nitrogens with one attached hydrogen (secondary N) is 1. The van der Waals surface area contributed by atoms with Crippen LogP contribution in [0.4, 0.5) is 13.2 Å². The molecule has 6 heteroatoms. The molecule has 0 spiro atoms. The average molecular weight is 316 g/mol. The van der Waals surface area contributed by atoms with E-state index in [1.54, 1.807) is 0 Å². The molecule has 1 fully saturated rings. The molecule has 1 aromatic carbocycles. The second-order valence-corrected chi connectivity index (χ2v) is 5.68. The maximum Gasteiger partial charge on any atom is 0.401 e. The summed E-state index contributed by atoms with van der Waals surface area (Å²) in [5, 5.41) is 3.34. The summed E-state index contributed by atoms with van der Waals surface area (Å²) >= 11 is 0. The summed E-state index contributed by atoms with van der Waals surface area (Å²) in [6.07, 6.45) is -3.28. The molecule has 22 heavy (non-hydrogen) atoms. The minimum atomic E-state index is -4.10. The van der Waals surface area contributed by atoms with Gasteiger partial charge in [-0.25, -0.2) is 0 Å². The number of ether oxygens (including phenoxy) is 1. The highest BCUT2D eigenvalue weighted by Crippen LogP contribution is 2.23. The van der Waals surface area contributed by atoms with Gasteiger partial charge in [0.15, 0.2) is 0 Å². The molecule has 2 rings (SSSR count). The molecule has 0 amide bonds. The van der Waals surface area contributed by atoms with Gasteiger partial charge in [0, 0.05) is 18.7 Å². The first-order valence-electron chi connectivity index (χ1n) is 7.68. The largest absolute Gasteiger partial charge is 0.494 e. The van der Waals surface area contributed by atoms with E-state index in [-0.39, 0.29) is 5.92 Å². The minimum Gasteiger partial charge on any atom is -0.494 e. The summed E-state index contributed by atoms with van der Waals surface area (Å²) in [6.45, 7) is 4.21. The first-order valence-corrected chi connectivity index (χ1v) is 7.68. The van der Waals surface area contributed by atoms with Crippen molar-refractivity contribution in [3.05, 3.63) is 29.8 Å². The molecule has 0 aliphatic carbocycles. The Labute approximate surface area is 129 Å². The lowest BCUT2D eigenvalue weighted by atomic mass is 10.1.